The van der Waals surface area contributed by atoms with E-state index in [-0.39, 0.29) is 12.0 Å². The van der Waals surface area contributed by atoms with Gasteiger partial charge in [0.1, 0.15) is 6.04 Å². The minimum Gasteiger partial charge on any atom is -0.468 e. The lowest BCUT2D eigenvalue weighted by Gasteiger charge is -2.33. The van der Waals surface area contributed by atoms with Gasteiger partial charge in [0.05, 0.1) is 7.11 Å². The summed E-state index contributed by atoms with van der Waals surface area (Å²) in [4.78, 5) is 14.2. The van der Waals surface area contributed by atoms with Gasteiger partial charge in [-0.2, -0.15) is 0 Å². The summed E-state index contributed by atoms with van der Waals surface area (Å²) in [7, 11) is 1.43. The van der Waals surface area contributed by atoms with E-state index in [9.17, 15) is 4.79 Å². The van der Waals surface area contributed by atoms with Crippen molar-refractivity contribution in [3.63, 3.8) is 0 Å². The Morgan fingerprint density at radius 1 is 1.28 bits per heavy atom. The summed E-state index contributed by atoms with van der Waals surface area (Å²) < 4.78 is 4.94. The molecule has 1 aromatic carbocycles. The van der Waals surface area contributed by atoms with Crippen LogP contribution >= 0.6 is 11.6 Å². The van der Waals surface area contributed by atoms with Gasteiger partial charge in [0, 0.05) is 5.02 Å². The number of nitrogens with zero attached hydrogens (tertiary/aromatic N) is 1. The van der Waals surface area contributed by atoms with E-state index in [1.54, 1.807) is 0 Å². The first-order chi connectivity index (χ1) is 8.74. The van der Waals surface area contributed by atoms with Crippen molar-refractivity contribution in [1.29, 1.82) is 0 Å². The number of piperidine rings is 1. The number of carbonyl (C=O) groups excluding carboxylic acids is 1. The molecule has 0 N–H and O–H groups in total. The molecule has 1 aliphatic heterocycles. The Kier molecular flexibility index (Phi) is 4.61. The monoisotopic (exact) mass is 267 g/mol. The molecule has 1 fully saturated rings. The van der Waals surface area contributed by atoms with Crippen LogP contribution in [0.15, 0.2) is 24.3 Å². The molecule has 1 heterocycles. The number of esters is 1. The second-order valence-electron chi connectivity index (χ2n) is 4.54. The van der Waals surface area contributed by atoms with Crippen LogP contribution in [-0.4, -0.2) is 31.1 Å². The zero-order valence-electron chi connectivity index (χ0n) is 10.6. The number of likely N-dealkylation sites (tertiary alicyclic amines) is 1. The standard InChI is InChI=1S/C14H18ClNO2/c1-18-14(17)13(16-9-5-2-6-10-16)11-7-3-4-8-12(11)15/h3-4,7-8,13H,2,5-6,9-10H2,1H3. The molecule has 0 radical (unpaired) electrons. The summed E-state index contributed by atoms with van der Waals surface area (Å²) >= 11 is 6.20. The molecule has 1 saturated heterocycles. The van der Waals surface area contributed by atoms with Gasteiger partial charge in [0.25, 0.3) is 0 Å². The topological polar surface area (TPSA) is 29.5 Å². The Bertz CT molecular complexity index is 416. The van der Waals surface area contributed by atoms with Crippen LogP contribution in [0, 0.1) is 0 Å². The molecule has 98 valence electrons. The van der Waals surface area contributed by atoms with E-state index in [0.717, 1.165) is 31.5 Å². The van der Waals surface area contributed by atoms with Gasteiger partial charge < -0.3 is 4.74 Å². The number of benzene rings is 1. The molecule has 4 heteroatoms. The van der Waals surface area contributed by atoms with Crippen LogP contribution in [0.5, 0.6) is 0 Å². The lowest BCUT2D eigenvalue weighted by molar-refractivity contribution is -0.147. The second-order valence-corrected chi connectivity index (χ2v) is 4.95. The third-order valence-corrected chi connectivity index (χ3v) is 3.72. The molecule has 0 spiro atoms. The highest BCUT2D eigenvalue weighted by Gasteiger charge is 2.30. The third kappa shape index (κ3) is 2.85. The van der Waals surface area contributed by atoms with E-state index in [4.69, 9.17) is 16.3 Å². The van der Waals surface area contributed by atoms with E-state index >= 15 is 0 Å². The van der Waals surface area contributed by atoms with Gasteiger partial charge in [-0.1, -0.05) is 36.2 Å². The molecule has 1 aromatic rings. The minimum atomic E-state index is -0.371. The van der Waals surface area contributed by atoms with Crippen molar-refractivity contribution in [3.05, 3.63) is 34.9 Å². The fourth-order valence-corrected chi connectivity index (χ4v) is 2.70. The van der Waals surface area contributed by atoms with E-state index in [0.29, 0.717) is 5.02 Å². The van der Waals surface area contributed by atoms with Crippen molar-refractivity contribution < 1.29 is 9.53 Å². The fraction of sp³-hybridized carbons (Fsp3) is 0.500. The van der Waals surface area contributed by atoms with E-state index in [1.807, 2.05) is 24.3 Å². The normalized spacial score (nSPS) is 18.3. The van der Waals surface area contributed by atoms with Crippen molar-refractivity contribution in [2.75, 3.05) is 20.2 Å². The van der Waals surface area contributed by atoms with E-state index < -0.39 is 0 Å². The van der Waals surface area contributed by atoms with Gasteiger partial charge in [-0.05, 0) is 37.6 Å². The van der Waals surface area contributed by atoms with Crippen LogP contribution < -0.4 is 0 Å². The Morgan fingerprint density at radius 2 is 1.94 bits per heavy atom. The number of ether oxygens (including phenoxy) is 1. The average molecular weight is 268 g/mol. The Hall–Kier alpha value is -1.06. The van der Waals surface area contributed by atoms with Gasteiger partial charge in [-0.15, -0.1) is 0 Å². The maximum absolute atomic E-state index is 12.0. The van der Waals surface area contributed by atoms with Crippen LogP contribution in [0.3, 0.4) is 0 Å². The van der Waals surface area contributed by atoms with Gasteiger partial charge in [-0.25, -0.2) is 4.79 Å². The predicted molar refractivity (Wildman–Crippen MR) is 71.6 cm³/mol. The largest absolute Gasteiger partial charge is 0.468 e. The van der Waals surface area contributed by atoms with Crippen molar-refractivity contribution in [2.24, 2.45) is 0 Å². The summed E-state index contributed by atoms with van der Waals surface area (Å²) in [6, 6.07) is 7.12. The maximum Gasteiger partial charge on any atom is 0.327 e. The molecular formula is C14H18ClNO2. The number of rotatable bonds is 3. The fourth-order valence-electron chi connectivity index (χ4n) is 2.46. The van der Waals surface area contributed by atoms with Crippen molar-refractivity contribution >= 4 is 17.6 Å². The maximum atomic E-state index is 12.0. The van der Waals surface area contributed by atoms with Gasteiger partial charge in [0.15, 0.2) is 0 Å². The summed E-state index contributed by atoms with van der Waals surface area (Å²) in [6.07, 6.45) is 3.48. The SMILES string of the molecule is COC(=O)C(c1ccccc1Cl)N1CCCCC1. The molecule has 18 heavy (non-hydrogen) atoms. The Morgan fingerprint density at radius 3 is 2.56 bits per heavy atom. The summed E-state index contributed by atoms with van der Waals surface area (Å²) in [5, 5.41) is 0.624. The molecular weight excluding hydrogens is 250 g/mol. The lowest BCUT2D eigenvalue weighted by Crippen LogP contribution is -2.38. The molecule has 0 saturated carbocycles. The van der Waals surface area contributed by atoms with E-state index in [2.05, 4.69) is 4.90 Å². The average Bonchev–Trinajstić information content (AvgIpc) is 2.42. The van der Waals surface area contributed by atoms with Crippen LogP contribution in [0.4, 0.5) is 0 Å². The van der Waals surface area contributed by atoms with E-state index in [1.165, 1.54) is 13.5 Å². The molecule has 1 unspecified atom stereocenters. The number of halogens is 1. The first-order valence-electron chi connectivity index (χ1n) is 6.30. The van der Waals surface area contributed by atoms with Crippen LogP contribution in [-0.2, 0) is 9.53 Å². The number of hydrogen-bond donors (Lipinski definition) is 0. The van der Waals surface area contributed by atoms with Crippen LogP contribution in [0.1, 0.15) is 30.9 Å². The van der Waals surface area contributed by atoms with Gasteiger partial charge in [0.2, 0.25) is 0 Å². The molecule has 0 bridgehead atoms. The molecule has 0 aromatic heterocycles. The van der Waals surface area contributed by atoms with Crippen LogP contribution in [0.25, 0.3) is 0 Å². The third-order valence-electron chi connectivity index (χ3n) is 3.38. The molecule has 0 amide bonds. The predicted octanol–water partition coefficient (Wildman–Crippen LogP) is 3.04. The van der Waals surface area contributed by atoms with Gasteiger partial charge in [-0.3, -0.25) is 4.90 Å². The van der Waals surface area contributed by atoms with Crippen molar-refractivity contribution in [1.82, 2.24) is 4.90 Å². The molecule has 2 rings (SSSR count). The first kappa shape index (κ1) is 13.4. The molecule has 1 atom stereocenters. The van der Waals surface area contributed by atoms with Crippen molar-refractivity contribution in [3.8, 4) is 0 Å². The number of hydrogen-bond acceptors (Lipinski definition) is 3. The zero-order valence-corrected chi connectivity index (χ0v) is 11.3. The second kappa shape index (κ2) is 6.21. The molecule has 3 nitrogen and oxygen atoms in total. The highest BCUT2D eigenvalue weighted by Crippen LogP contribution is 2.30. The molecule has 0 aliphatic carbocycles. The summed E-state index contributed by atoms with van der Waals surface area (Å²) in [5.74, 6) is -0.231. The smallest absolute Gasteiger partial charge is 0.327 e. The van der Waals surface area contributed by atoms with Gasteiger partial charge >= 0.3 is 5.97 Å². The minimum absolute atomic E-state index is 0.231. The summed E-state index contributed by atoms with van der Waals surface area (Å²) in [6.45, 7) is 1.84. The Balaban J connectivity index is 2.30. The highest BCUT2D eigenvalue weighted by molar-refractivity contribution is 6.31. The number of carbonyl (C=O) groups is 1. The highest BCUT2D eigenvalue weighted by atomic mass is 35.5. The first-order valence-corrected chi connectivity index (χ1v) is 6.68. The molecule has 1 aliphatic rings. The quantitative estimate of drug-likeness (QED) is 0.789. The zero-order chi connectivity index (χ0) is 13.0. The van der Waals surface area contributed by atoms with Crippen LogP contribution in [0.2, 0.25) is 5.02 Å². The number of methoxy groups -OCH3 is 1. The summed E-state index contributed by atoms with van der Waals surface area (Å²) in [5.41, 5.74) is 0.841. The Labute approximate surface area is 113 Å². The van der Waals surface area contributed by atoms with Crippen molar-refractivity contribution in [2.45, 2.75) is 25.3 Å². The lowest BCUT2D eigenvalue weighted by atomic mass is 10.0.